The van der Waals surface area contributed by atoms with E-state index in [2.05, 4.69) is 0 Å². The number of carbonyl (C=O) groups is 1. The Morgan fingerprint density at radius 2 is 1.72 bits per heavy atom. The van der Waals surface area contributed by atoms with Gasteiger partial charge in [-0.1, -0.05) is 24.3 Å². The largest absolute Gasteiger partial charge is 0.288 e. The van der Waals surface area contributed by atoms with Gasteiger partial charge >= 0.3 is 0 Å². The lowest BCUT2D eigenvalue weighted by molar-refractivity contribution is 0.103. The fourth-order valence-corrected chi connectivity index (χ4v) is 2.87. The summed E-state index contributed by atoms with van der Waals surface area (Å²) in [7, 11) is 0. The molecule has 0 aliphatic rings. The van der Waals surface area contributed by atoms with Gasteiger partial charge in [-0.15, -0.1) is 11.3 Å². The van der Waals surface area contributed by atoms with Crippen LogP contribution in [0.4, 0.5) is 4.39 Å². The van der Waals surface area contributed by atoms with E-state index in [1.54, 1.807) is 18.2 Å². The number of ketones is 1. The number of fused-ring (bicyclic) bond motifs is 1. The van der Waals surface area contributed by atoms with Crippen molar-refractivity contribution >= 4 is 27.2 Å². The minimum absolute atomic E-state index is 0.124. The van der Waals surface area contributed by atoms with Crippen LogP contribution in [0.25, 0.3) is 10.1 Å². The summed E-state index contributed by atoms with van der Waals surface area (Å²) in [5.41, 5.74) is 0.686. The molecule has 3 heteroatoms. The summed E-state index contributed by atoms with van der Waals surface area (Å²) in [4.78, 5) is 12.3. The number of carbonyl (C=O) groups excluding carboxylic acids is 1. The van der Waals surface area contributed by atoms with Gasteiger partial charge < -0.3 is 0 Å². The summed E-state index contributed by atoms with van der Waals surface area (Å²) in [6, 6.07) is 13.5. The summed E-state index contributed by atoms with van der Waals surface area (Å²) in [5.74, 6) is -0.739. The van der Waals surface area contributed by atoms with Gasteiger partial charge in [0.05, 0.1) is 5.56 Å². The quantitative estimate of drug-likeness (QED) is 0.626. The molecule has 0 radical (unpaired) electrons. The minimum atomic E-state index is -0.476. The number of hydrogen-bond donors (Lipinski definition) is 0. The maximum absolute atomic E-state index is 13.6. The topological polar surface area (TPSA) is 17.1 Å². The van der Waals surface area contributed by atoms with Crippen LogP contribution >= 0.6 is 11.3 Å². The standard InChI is InChI=1S/C15H9FOS/c16-13-7-2-1-5-11(13)14(17)12-6-3-4-10-8-9-18-15(10)12/h1-9H. The van der Waals surface area contributed by atoms with E-state index in [1.165, 1.54) is 23.5 Å². The highest BCUT2D eigenvalue weighted by atomic mass is 32.1. The van der Waals surface area contributed by atoms with Gasteiger partial charge in [0.15, 0.2) is 5.78 Å². The summed E-state index contributed by atoms with van der Waals surface area (Å²) >= 11 is 1.50. The van der Waals surface area contributed by atoms with Crippen LogP contribution in [0.2, 0.25) is 0 Å². The predicted octanol–water partition coefficient (Wildman–Crippen LogP) is 4.27. The van der Waals surface area contributed by atoms with E-state index < -0.39 is 5.82 Å². The van der Waals surface area contributed by atoms with Crippen LogP contribution in [0.5, 0.6) is 0 Å². The molecule has 0 atom stereocenters. The van der Waals surface area contributed by atoms with E-state index in [0.29, 0.717) is 5.56 Å². The third-order valence-corrected chi connectivity index (χ3v) is 3.81. The van der Waals surface area contributed by atoms with Gasteiger partial charge in [-0.2, -0.15) is 0 Å². The Morgan fingerprint density at radius 3 is 2.56 bits per heavy atom. The lowest BCUT2D eigenvalue weighted by Crippen LogP contribution is -2.03. The van der Waals surface area contributed by atoms with Crippen molar-refractivity contribution in [3.05, 3.63) is 70.9 Å². The Kier molecular flexibility index (Phi) is 2.68. The summed E-state index contributed by atoms with van der Waals surface area (Å²) < 4.78 is 14.5. The van der Waals surface area contributed by atoms with Crippen LogP contribution in [-0.2, 0) is 0 Å². The smallest absolute Gasteiger partial charge is 0.197 e. The van der Waals surface area contributed by atoms with Crippen molar-refractivity contribution in [1.29, 1.82) is 0 Å². The van der Waals surface area contributed by atoms with Crippen LogP contribution < -0.4 is 0 Å². The molecule has 0 spiro atoms. The van der Waals surface area contributed by atoms with E-state index in [0.717, 1.165) is 10.1 Å². The van der Waals surface area contributed by atoms with Gasteiger partial charge in [-0.05, 0) is 35.0 Å². The first kappa shape index (κ1) is 11.1. The van der Waals surface area contributed by atoms with Gasteiger partial charge in [0.1, 0.15) is 5.82 Å². The Labute approximate surface area is 108 Å². The fourth-order valence-electron chi connectivity index (χ4n) is 1.96. The summed E-state index contributed by atoms with van der Waals surface area (Å²) in [6.45, 7) is 0. The van der Waals surface area contributed by atoms with Crippen molar-refractivity contribution in [2.24, 2.45) is 0 Å². The molecule has 3 rings (SSSR count). The van der Waals surface area contributed by atoms with E-state index >= 15 is 0 Å². The third-order valence-electron chi connectivity index (χ3n) is 2.84. The van der Waals surface area contributed by atoms with Gasteiger partial charge in [-0.25, -0.2) is 4.39 Å². The average Bonchev–Trinajstić information content (AvgIpc) is 2.86. The molecular weight excluding hydrogens is 247 g/mol. The molecule has 1 nitrogen and oxygen atoms in total. The molecule has 88 valence electrons. The highest BCUT2D eigenvalue weighted by Crippen LogP contribution is 2.27. The molecule has 0 amide bonds. The second-order valence-electron chi connectivity index (χ2n) is 3.95. The van der Waals surface area contributed by atoms with E-state index in [1.807, 2.05) is 23.6 Å². The predicted molar refractivity (Wildman–Crippen MR) is 71.7 cm³/mol. The zero-order valence-corrected chi connectivity index (χ0v) is 10.2. The van der Waals surface area contributed by atoms with Crippen LogP contribution in [0.3, 0.4) is 0 Å². The maximum atomic E-state index is 13.6. The highest BCUT2D eigenvalue weighted by Gasteiger charge is 2.16. The van der Waals surface area contributed by atoms with Gasteiger partial charge in [0, 0.05) is 10.3 Å². The molecule has 0 unspecified atom stereocenters. The highest BCUT2D eigenvalue weighted by molar-refractivity contribution is 7.17. The molecule has 0 fully saturated rings. The number of thiophene rings is 1. The Hall–Kier alpha value is -2.00. The first-order valence-corrected chi connectivity index (χ1v) is 6.41. The molecule has 0 aliphatic carbocycles. The number of halogens is 1. The molecule has 3 aromatic rings. The van der Waals surface area contributed by atoms with Gasteiger partial charge in [-0.3, -0.25) is 4.79 Å². The fraction of sp³-hybridized carbons (Fsp3) is 0. The zero-order chi connectivity index (χ0) is 12.5. The maximum Gasteiger partial charge on any atom is 0.197 e. The molecule has 0 saturated carbocycles. The SMILES string of the molecule is O=C(c1ccccc1F)c1cccc2ccsc12. The summed E-state index contributed by atoms with van der Waals surface area (Å²) in [6.07, 6.45) is 0. The van der Waals surface area contributed by atoms with E-state index in [-0.39, 0.29) is 11.3 Å². The van der Waals surface area contributed by atoms with Crippen molar-refractivity contribution in [3.8, 4) is 0 Å². The van der Waals surface area contributed by atoms with Crippen molar-refractivity contribution in [2.75, 3.05) is 0 Å². The molecule has 1 aromatic heterocycles. The molecule has 0 aliphatic heterocycles. The van der Waals surface area contributed by atoms with Crippen LogP contribution in [-0.4, -0.2) is 5.78 Å². The second-order valence-corrected chi connectivity index (χ2v) is 4.87. The Balaban J connectivity index is 2.18. The first-order valence-electron chi connectivity index (χ1n) is 5.53. The molecular formula is C15H9FOS. The average molecular weight is 256 g/mol. The first-order chi connectivity index (χ1) is 8.77. The molecule has 1 heterocycles. The Morgan fingerprint density at radius 1 is 0.944 bits per heavy atom. The molecule has 0 saturated heterocycles. The minimum Gasteiger partial charge on any atom is -0.288 e. The van der Waals surface area contributed by atoms with Gasteiger partial charge in [0.25, 0.3) is 0 Å². The number of hydrogen-bond acceptors (Lipinski definition) is 2. The number of benzene rings is 2. The lowest BCUT2D eigenvalue weighted by atomic mass is 10.0. The molecule has 18 heavy (non-hydrogen) atoms. The Bertz CT molecular complexity index is 730. The van der Waals surface area contributed by atoms with Crippen LogP contribution in [0.15, 0.2) is 53.9 Å². The van der Waals surface area contributed by atoms with Gasteiger partial charge in [0.2, 0.25) is 0 Å². The van der Waals surface area contributed by atoms with Crippen molar-refractivity contribution in [2.45, 2.75) is 0 Å². The second kappa shape index (κ2) is 4.35. The van der Waals surface area contributed by atoms with E-state index in [4.69, 9.17) is 0 Å². The number of rotatable bonds is 2. The van der Waals surface area contributed by atoms with Crippen LogP contribution in [0, 0.1) is 5.82 Å². The third kappa shape index (κ3) is 1.73. The molecule has 0 N–H and O–H groups in total. The van der Waals surface area contributed by atoms with Crippen LogP contribution in [0.1, 0.15) is 15.9 Å². The normalized spacial score (nSPS) is 10.7. The molecule has 0 bridgehead atoms. The lowest BCUT2D eigenvalue weighted by Gasteiger charge is -2.03. The van der Waals surface area contributed by atoms with Crippen molar-refractivity contribution in [3.63, 3.8) is 0 Å². The van der Waals surface area contributed by atoms with Crippen molar-refractivity contribution < 1.29 is 9.18 Å². The van der Waals surface area contributed by atoms with Crippen molar-refractivity contribution in [1.82, 2.24) is 0 Å². The monoisotopic (exact) mass is 256 g/mol. The molecule has 2 aromatic carbocycles. The zero-order valence-electron chi connectivity index (χ0n) is 9.39. The summed E-state index contributed by atoms with van der Waals surface area (Å²) in [5, 5.41) is 2.95. The van der Waals surface area contributed by atoms with E-state index in [9.17, 15) is 9.18 Å².